The van der Waals surface area contributed by atoms with Crippen LogP contribution < -0.4 is 10.6 Å². The zero-order valence-corrected chi connectivity index (χ0v) is 15.6. The molecular formula is C15H24IN3OS. The van der Waals surface area contributed by atoms with E-state index in [1.807, 2.05) is 0 Å². The highest BCUT2D eigenvalue weighted by Crippen LogP contribution is 2.11. The first-order chi connectivity index (χ1) is 9.88. The number of halogens is 1. The van der Waals surface area contributed by atoms with Gasteiger partial charge in [-0.2, -0.15) is 0 Å². The Kier molecular flexibility index (Phi) is 9.69. The number of aliphatic imine (C=N–C) groups is 1. The van der Waals surface area contributed by atoms with Crippen molar-refractivity contribution >= 4 is 41.3 Å². The van der Waals surface area contributed by atoms with Crippen molar-refractivity contribution in [3.63, 3.8) is 0 Å². The maximum Gasteiger partial charge on any atom is 0.191 e. The summed E-state index contributed by atoms with van der Waals surface area (Å²) in [5.41, 5.74) is 1.48. The van der Waals surface area contributed by atoms with Gasteiger partial charge in [0.15, 0.2) is 5.96 Å². The van der Waals surface area contributed by atoms with Gasteiger partial charge in [0.2, 0.25) is 0 Å². The summed E-state index contributed by atoms with van der Waals surface area (Å²) in [6, 6.07) is 4.18. The lowest BCUT2D eigenvalue weighted by atomic mass is 10.1. The van der Waals surface area contributed by atoms with E-state index in [4.69, 9.17) is 4.74 Å². The molecule has 6 heteroatoms. The third-order valence-corrected chi connectivity index (χ3v) is 3.97. The summed E-state index contributed by atoms with van der Waals surface area (Å²) in [5, 5.41) is 8.76. The third kappa shape index (κ3) is 7.28. The summed E-state index contributed by atoms with van der Waals surface area (Å²) in [4.78, 5) is 5.89. The summed E-state index contributed by atoms with van der Waals surface area (Å²) < 4.78 is 5.31. The molecule has 4 nitrogen and oxygen atoms in total. The average Bonchev–Trinajstić information content (AvgIpc) is 2.99. The van der Waals surface area contributed by atoms with Gasteiger partial charge >= 0.3 is 0 Å². The van der Waals surface area contributed by atoms with E-state index in [0.29, 0.717) is 0 Å². The van der Waals surface area contributed by atoms with Crippen molar-refractivity contribution < 1.29 is 4.74 Å². The molecule has 0 bridgehead atoms. The van der Waals surface area contributed by atoms with Crippen LogP contribution in [0.2, 0.25) is 0 Å². The fraction of sp³-hybridized carbons (Fsp3) is 0.533. The smallest absolute Gasteiger partial charge is 0.191 e. The second-order valence-corrected chi connectivity index (χ2v) is 5.67. The van der Waals surface area contributed by atoms with Gasteiger partial charge in [-0.15, -0.1) is 35.3 Å². The fourth-order valence-electron chi connectivity index (χ4n) is 2.04. The lowest BCUT2D eigenvalue weighted by Crippen LogP contribution is -2.37. The van der Waals surface area contributed by atoms with E-state index >= 15 is 0 Å². The van der Waals surface area contributed by atoms with Crippen LogP contribution in [0, 0.1) is 0 Å². The van der Waals surface area contributed by atoms with E-state index in [2.05, 4.69) is 46.1 Å². The molecule has 0 unspecified atom stereocenters. The summed E-state index contributed by atoms with van der Waals surface area (Å²) in [7, 11) is 0. The normalized spacial score (nSPS) is 15.1. The first kappa shape index (κ1) is 18.4. The molecule has 2 rings (SSSR count). The van der Waals surface area contributed by atoms with Gasteiger partial charge in [-0.3, -0.25) is 0 Å². The van der Waals surface area contributed by atoms with E-state index < -0.39 is 0 Å². The Bertz CT molecular complexity index is 446. The molecule has 1 aromatic rings. The molecule has 0 radical (unpaired) electrons. The summed E-state index contributed by atoms with van der Waals surface area (Å²) in [5.74, 6) is 0.897. The van der Waals surface area contributed by atoms with Gasteiger partial charge in [0.25, 0.3) is 0 Å². The summed E-state index contributed by atoms with van der Waals surface area (Å²) in [6.07, 6.45) is 4.32. The quantitative estimate of drug-likeness (QED) is 0.321. The molecule has 0 atom stereocenters. The Labute approximate surface area is 148 Å². The van der Waals surface area contributed by atoms with Crippen molar-refractivity contribution in [3.05, 3.63) is 34.0 Å². The largest absolute Gasteiger partial charge is 0.377 e. The number of thiophene rings is 1. The average molecular weight is 421 g/mol. The van der Waals surface area contributed by atoms with Crippen molar-refractivity contribution in [2.75, 3.05) is 26.3 Å². The van der Waals surface area contributed by atoms with E-state index in [9.17, 15) is 0 Å². The van der Waals surface area contributed by atoms with Crippen LogP contribution in [0.1, 0.15) is 24.6 Å². The van der Waals surface area contributed by atoms with E-state index in [-0.39, 0.29) is 24.0 Å². The van der Waals surface area contributed by atoms with Crippen molar-refractivity contribution in [2.45, 2.75) is 26.3 Å². The predicted molar refractivity (Wildman–Crippen MR) is 101 cm³/mol. The molecule has 118 valence electrons. The number of rotatable bonds is 6. The Balaban J connectivity index is 0.00000220. The topological polar surface area (TPSA) is 45.7 Å². The molecule has 0 fully saturated rings. The highest BCUT2D eigenvalue weighted by atomic mass is 127. The summed E-state index contributed by atoms with van der Waals surface area (Å²) >= 11 is 1.74. The number of hydrogen-bond acceptors (Lipinski definition) is 3. The molecular weight excluding hydrogens is 397 g/mol. The molecule has 1 aliphatic rings. The summed E-state index contributed by atoms with van der Waals surface area (Å²) in [6.45, 7) is 6.25. The second-order valence-electron chi connectivity index (χ2n) is 4.64. The second kappa shape index (κ2) is 11.0. The van der Waals surface area contributed by atoms with Gasteiger partial charge in [-0.25, -0.2) is 4.99 Å². The minimum Gasteiger partial charge on any atom is -0.377 e. The van der Waals surface area contributed by atoms with Crippen LogP contribution in [-0.2, 0) is 11.3 Å². The fourth-order valence-corrected chi connectivity index (χ4v) is 2.66. The van der Waals surface area contributed by atoms with E-state index in [1.54, 1.807) is 11.3 Å². The number of nitrogens with one attached hydrogen (secondary N) is 2. The first-order valence-electron chi connectivity index (χ1n) is 7.18. The van der Waals surface area contributed by atoms with Gasteiger partial charge < -0.3 is 15.4 Å². The van der Waals surface area contributed by atoms with Crippen molar-refractivity contribution in [3.8, 4) is 0 Å². The van der Waals surface area contributed by atoms with Crippen LogP contribution in [0.5, 0.6) is 0 Å². The molecule has 0 aromatic carbocycles. The number of nitrogens with zero attached hydrogens (tertiary/aromatic N) is 1. The molecule has 21 heavy (non-hydrogen) atoms. The van der Waals surface area contributed by atoms with Gasteiger partial charge in [0, 0.05) is 18.0 Å². The van der Waals surface area contributed by atoms with Gasteiger partial charge in [0.1, 0.15) is 0 Å². The van der Waals surface area contributed by atoms with Gasteiger partial charge in [0.05, 0.1) is 19.8 Å². The molecule has 2 N–H and O–H groups in total. The Hall–Kier alpha value is -0.600. The highest BCUT2D eigenvalue weighted by Gasteiger charge is 2.04. The Morgan fingerprint density at radius 1 is 1.43 bits per heavy atom. The Morgan fingerprint density at radius 3 is 3.00 bits per heavy atom. The van der Waals surface area contributed by atoms with Crippen molar-refractivity contribution in [2.24, 2.45) is 4.99 Å². The van der Waals surface area contributed by atoms with Crippen LogP contribution in [-0.4, -0.2) is 32.3 Å². The van der Waals surface area contributed by atoms with E-state index in [0.717, 1.165) is 51.6 Å². The monoisotopic (exact) mass is 421 g/mol. The standard InChI is InChI=1S/C15H23N3OS.HI/c1-2-16-15(18-12-14-4-3-11-20-14)17-8-5-13-6-9-19-10-7-13;/h3-4,6,11H,2,5,7-10,12H2,1H3,(H2,16,17,18);1H. The Morgan fingerprint density at radius 2 is 2.33 bits per heavy atom. The molecule has 1 aromatic heterocycles. The molecule has 0 saturated carbocycles. The van der Waals surface area contributed by atoms with Gasteiger partial charge in [-0.05, 0) is 31.2 Å². The van der Waals surface area contributed by atoms with Crippen LogP contribution in [0.25, 0.3) is 0 Å². The minimum atomic E-state index is 0. The molecule has 1 aliphatic heterocycles. The number of hydrogen-bond donors (Lipinski definition) is 2. The lowest BCUT2D eigenvalue weighted by molar-refractivity contribution is 0.153. The van der Waals surface area contributed by atoms with Crippen LogP contribution in [0.4, 0.5) is 0 Å². The molecule has 0 spiro atoms. The van der Waals surface area contributed by atoms with Crippen LogP contribution in [0.15, 0.2) is 34.2 Å². The zero-order valence-electron chi connectivity index (χ0n) is 12.4. The molecule has 0 aliphatic carbocycles. The third-order valence-electron chi connectivity index (χ3n) is 3.11. The first-order valence-corrected chi connectivity index (χ1v) is 8.06. The van der Waals surface area contributed by atoms with Crippen LogP contribution in [0.3, 0.4) is 0 Å². The van der Waals surface area contributed by atoms with Gasteiger partial charge in [-0.1, -0.05) is 17.7 Å². The predicted octanol–water partition coefficient (Wildman–Crippen LogP) is 3.16. The molecule has 0 saturated heterocycles. The highest BCUT2D eigenvalue weighted by molar-refractivity contribution is 14.0. The number of guanidine groups is 1. The molecule has 2 heterocycles. The van der Waals surface area contributed by atoms with Crippen LogP contribution >= 0.6 is 35.3 Å². The van der Waals surface area contributed by atoms with Crippen molar-refractivity contribution in [1.29, 1.82) is 0 Å². The lowest BCUT2D eigenvalue weighted by Gasteiger charge is -2.15. The van der Waals surface area contributed by atoms with Crippen molar-refractivity contribution in [1.82, 2.24) is 10.6 Å². The SMILES string of the molecule is CCNC(=NCc1cccs1)NCCC1=CCOCC1.I. The maximum atomic E-state index is 5.31. The zero-order chi connectivity index (χ0) is 14.0. The van der Waals surface area contributed by atoms with E-state index in [1.165, 1.54) is 10.5 Å². The minimum absolute atomic E-state index is 0. The molecule has 0 amide bonds. The maximum absolute atomic E-state index is 5.31. The number of ether oxygens (including phenoxy) is 1.